The Bertz CT molecular complexity index is 1070. The normalized spacial score (nSPS) is 11.4. The first-order chi connectivity index (χ1) is 12.9. The molecule has 0 atom stereocenters. The van der Waals surface area contributed by atoms with Gasteiger partial charge in [0, 0.05) is 18.9 Å². The van der Waals surface area contributed by atoms with Crippen molar-refractivity contribution in [3.05, 3.63) is 39.6 Å². The number of hydrogen-bond donors (Lipinski definition) is 0. The van der Waals surface area contributed by atoms with Crippen molar-refractivity contribution >= 4 is 21.8 Å². The Morgan fingerprint density at radius 1 is 1.14 bits per heavy atom. The summed E-state index contributed by atoms with van der Waals surface area (Å²) in [6.07, 6.45) is 0.205. The van der Waals surface area contributed by atoms with Crippen LogP contribution in [0.3, 0.4) is 0 Å². The van der Waals surface area contributed by atoms with Crippen LogP contribution in [0.15, 0.2) is 11.0 Å². The van der Waals surface area contributed by atoms with Crippen LogP contribution in [0.4, 0.5) is 4.79 Å². The van der Waals surface area contributed by atoms with E-state index in [0.29, 0.717) is 27.9 Å². The summed E-state index contributed by atoms with van der Waals surface area (Å²) in [5.74, 6) is -0.434. The maximum absolute atomic E-state index is 13.3. The zero-order valence-electron chi connectivity index (χ0n) is 17.0. The van der Waals surface area contributed by atoms with Crippen LogP contribution in [0.1, 0.15) is 45.2 Å². The molecule has 0 amide bonds. The lowest BCUT2D eigenvalue weighted by atomic mass is 9.94. The molecule has 0 saturated heterocycles. The van der Waals surface area contributed by atoms with Crippen LogP contribution < -0.4 is 4.74 Å². The van der Waals surface area contributed by atoms with Gasteiger partial charge in [-0.15, -0.1) is 0 Å². The topological polar surface area (TPSA) is 105 Å². The third-order valence-corrected chi connectivity index (χ3v) is 5.85. The predicted octanol–water partition coefficient (Wildman–Crippen LogP) is 2.82. The minimum Gasteiger partial charge on any atom is -0.434 e. The van der Waals surface area contributed by atoms with Gasteiger partial charge in [-0.25, -0.2) is 17.9 Å². The number of aromatic nitrogens is 2. The van der Waals surface area contributed by atoms with Crippen LogP contribution in [0, 0.1) is 27.7 Å². The van der Waals surface area contributed by atoms with Crippen molar-refractivity contribution in [1.29, 1.82) is 0 Å². The van der Waals surface area contributed by atoms with Gasteiger partial charge < -0.3 is 9.47 Å². The van der Waals surface area contributed by atoms with Gasteiger partial charge in [0.25, 0.3) is 0 Å². The Morgan fingerprint density at radius 3 is 2.29 bits per heavy atom. The van der Waals surface area contributed by atoms with Crippen LogP contribution in [0.25, 0.3) is 0 Å². The Morgan fingerprint density at radius 2 is 1.75 bits per heavy atom. The molecule has 1 aromatic heterocycles. The standard InChI is InChI=1S/C19H24N2O6S/c1-8-26-19(23)27-18-15(13(5)20-21(18)6)16(22)14-9-10(2)17(28(7,24)25)12(4)11(14)3/h9H,8H2,1-7H3. The minimum atomic E-state index is -3.44. The van der Waals surface area contributed by atoms with Gasteiger partial charge in [-0.2, -0.15) is 5.10 Å². The summed E-state index contributed by atoms with van der Waals surface area (Å²) >= 11 is 0. The van der Waals surface area contributed by atoms with E-state index >= 15 is 0 Å². The minimum absolute atomic E-state index is 0.0251. The molecule has 8 nitrogen and oxygen atoms in total. The molecule has 1 aromatic carbocycles. The quantitative estimate of drug-likeness (QED) is 0.553. The first kappa shape index (κ1) is 21.6. The molecule has 152 valence electrons. The van der Waals surface area contributed by atoms with E-state index in [9.17, 15) is 18.0 Å². The lowest BCUT2D eigenvalue weighted by Gasteiger charge is -2.15. The molecule has 2 aromatic rings. The van der Waals surface area contributed by atoms with Gasteiger partial charge in [0.05, 0.1) is 17.2 Å². The van der Waals surface area contributed by atoms with E-state index in [-0.39, 0.29) is 22.9 Å². The number of rotatable bonds is 5. The fourth-order valence-electron chi connectivity index (χ4n) is 3.24. The molecule has 1 heterocycles. The zero-order chi connectivity index (χ0) is 21.4. The highest BCUT2D eigenvalue weighted by molar-refractivity contribution is 7.90. The monoisotopic (exact) mass is 408 g/mol. The third-order valence-electron chi connectivity index (χ3n) is 4.48. The average Bonchev–Trinajstić information content (AvgIpc) is 2.83. The van der Waals surface area contributed by atoms with Crippen molar-refractivity contribution in [2.24, 2.45) is 7.05 Å². The molecule has 0 bridgehead atoms. The Balaban J connectivity index is 2.64. The molecule has 0 aliphatic rings. The average molecular weight is 408 g/mol. The Hall–Kier alpha value is -2.68. The van der Waals surface area contributed by atoms with E-state index in [2.05, 4.69) is 5.10 Å². The van der Waals surface area contributed by atoms with Crippen LogP contribution in [-0.2, 0) is 21.6 Å². The van der Waals surface area contributed by atoms with Gasteiger partial charge in [-0.3, -0.25) is 4.79 Å². The van der Waals surface area contributed by atoms with Gasteiger partial charge in [-0.1, -0.05) is 0 Å². The highest BCUT2D eigenvalue weighted by atomic mass is 32.2. The molecule has 0 fully saturated rings. The Labute approximate surface area is 164 Å². The molecule has 0 unspecified atom stereocenters. The SMILES string of the molecule is CCOC(=O)Oc1c(C(=O)c2cc(C)c(S(C)(=O)=O)c(C)c2C)c(C)nn1C. The highest BCUT2D eigenvalue weighted by Gasteiger charge is 2.28. The fraction of sp³-hybridized carbons (Fsp3) is 0.421. The second-order valence-electron chi connectivity index (χ2n) is 6.60. The second kappa shape index (κ2) is 7.75. The van der Waals surface area contributed by atoms with Gasteiger partial charge >= 0.3 is 6.16 Å². The largest absolute Gasteiger partial charge is 0.515 e. The molecule has 0 spiro atoms. The summed E-state index contributed by atoms with van der Waals surface area (Å²) in [5, 5.41) is 4.17. The summed E-state index contributed by atoms with van der Waals surface area (Å²) in [5.41, 5.74) is 2.37. The second-order valence-corrected chi connectivity index (χ2v) is 8.55. The van der Waals surface area contributed by atoms with Gasteiger partial charge in [0.1, 0.15) is 5.56 Å². The van der Waals surface area contributed by atoms with Gasteiger partial charge in [0.15, 0.2) is 9.84 Å². The van der Waals surface area contributed by atoms with Crippen molar-refractivity contribution in [3.8, 4) is 5.88 Å². The summed E-state index contributed by atoms with van der Waals surface area (Å²) in [7, 11) is -1.89. The van der Waals surface area contributed by atoms with Gasteiger partial charge in [-0.05, 0) is 57.4 Å². The molecule has 0 radical (unpaired) electrons. The van der Waals surface area contributed by atoms with E-state index in [1.54, 1.807) is 47.7 Å². The number of carbonyl (C=O) groups excluding carboxylic acids is 2. The summed E-state index contributed by atoms with van der Waals surface area (Å²) in [6.45, 7) is 8.40. The molecular formula is C19H24N2O6S. The van der Waals surface area contributed by atoms with Crippen LogP contribution >= 0.6 is 0 Å². The van der Waals surface area contributed by atoms with Crippen molar-refractivity contribution in [3.63, 3.8) is 0 Å². The van der Waals surface area contributed by atoms with E-state index in [1.807, 2.05) is 0 Å². The predicted molar refractivity (Wildman–Crippen MR) is 103 cm³/mol. The molecule has 0 aliphatic carbocycles. The number of carbonyl (C=O) groups is 2. The van der Waals surface area contributed by atoms with Crippen LogP contribution in [0.5, 0.6) is 5.88 Å². The number of sulfone groups is 1. The summed E-state index contributed by atoms with van der Waals surface area (Å²) in [6, 6.07) is 1.54. The van der Waals surface area contributed by atoms with Crippen molar-refractivity contribution < 1.29 is 27.5 Å². The summed E-state index contributed by atoms with van der Waals surface area (Å²) in [4.78, 5) is 25.3. The first-order valence-electron chi connectivity index (χ1n) is 8.63. The maximum atomic E-state index is 13.3. The lowest BCUT2D eigenvalue weighted by molar-refractivity contribution is 0.0981. The lowest BCUT2D eigenvalue weighted by Crippen LogP contribution is -2.16. The highest BCUT2D eigenvalue weighted by Crippen LogP contribution is 2.31. The number of aryl methyl sites for hydroxylation is 3. The molecule has 0 N–H and O–H groups in total. The van der Waals surface area contributed by atoms with Crippen molar-refractivity contribution in [2.45, 2.75) is 39.5 Å². The third kappa shape index (κ3) is 3.94. The molecule has 28 heavy (non-hydrogen) atoms. The van der Waals surface area contributed by atoms with Crippen molar-refractivity contribution in [1.82, 2.24) is 9.78 Å². The maximum Gasteiger partial charge on any atom is 0.515 e. The zero-order valence-corrected chi connectivity index (χ0v) is 17.9. The number of hydrogen-bond acceptors (Lipinski definition) is 7. The van der Waals surface area contributed by atoms with Crippen LogP contribution in [0.2, 0.25) is 0 Å². The molecule has 9 heteroatoms. The summed E-state index contributed by atoms with van der Waals surface area (Å²) < 4.78 is 35.5. The van der Waals surface area contributed by atoms with E-state index in [4.69, 9.17) is 9.47 Å². The van der Waals surface area contributed by atoms with E-state index < -0.39 is 21.8 Å². The van der Waals surface area contributed by atoms with Gasteiger partial charge in [0.2, 0.25) is 11.7 Å². The molecule has 0 saturated carbocycles. The number of ether oxygens (including phenoxy) is 2. The number of nitrogens with zero attached hydrogens (tertiary/aromatic N) is 2. The van der Waals surface area contributed by atoms with Crippen molar-refractivity contribution in [2.75, 3.05) is 12.9 Å². The first-order valence-corrected chi connectivity index (χ1v) is 10.5. The van der Waals surface area contributed by atoms with Crippen LogP contribution in [-0.4, -0.2) is 43.0 Å². The van der Waals surface area contributed by atoms with E-state index in [1.165, 1.54) is 4.68 Å². The smallest absolute Gasteiger partial charge is 0.434 e. The number of benzene rings is 1. The number of ketones is 1. The molecular weight excluding hydrogens is 384 g/mol. The van der Waals surface area contributed by atoms with E-state index in [0.717, 1.165) is 6.26 Å². The molecule has 2 rings (SSSR count). The Kier molecular flexibility index (Phi) is 5.98. The fourth-order valence-corrected chi connectivity index (χ4v) is 4.59. The molecule has 0 aliphatic heterocycles.